The third-order valence-corrected chi connectivity index (χ3v) is 9.82. The normalized spacial score (nSPS) is 20.1. The summed E-state index contributed by atoms with van der Waals surface area (Å²) in [6.45, 7) is 17.3. The zero-order chi connectivity index (χ0) is 35.0. The maximum Gasteiger partial charge on any atom is 0.264 e. The standard InChI is InChI=1S/C36H47N5O6S/c1-23-11-9-12-24(2)31(23)29-18-30-38-34(37-29)39-48(44,45)28-14-10-13-25(17-28)32(42)41(26(22-47-30)19-35(3,4)5)21-27-20-40(15-16-46-27)33(43)36(6,7)8/h9-14,17-18,26-27H,15-16,19-22H2,1-8H3,(H,37,38,39)/t26-,27?/m1/s1. The van der Waals surface area contributed by atoms with E-state index in [2.05, 4.69) is 35.5 Å². The summed E-state index contributed by atoms with van der Waals surface area (Å²) >= 11 is 0. The second kappa shape index (κ2) is 13.5. The van der Waals surface area contributed by atoms with Crippen molar-refractivity contribution in [1.29, 1.82) is 0 Å². The zero-order valence-electron chi connectivity index (χ0n) is 29.2. The molecule has 2 atom stereocenters. The predicted molar refractivity (Wildman–Crippen MR) is 184 cm³/mol. The van der Waals surface area contributed by atoms with Crippen LogP contribution in [0.3, 0.4) is 0 Å². The summed E-state index contributed by atoms with van der Waals surface area (Å²) in [5, 5.41) is 0. The maximum atomic E-state index is 14.5. The highest BCUT2D eigenvalue weighted by Gasteiger charge is 2.36. The Kier molecular flexibility index (Phi) is 9.90. The van der Waals surface area contributed by atoms with Crippen molar-refractivity contribution in [2.24, 2.45) is 10.8 Å². The Labute approximate surface area is 284 Å². The quantitative estimate of drug-likeness (QED) is 0.385. The molecule has 1 N–H and O–H groups in total. The van der Waals surface area contributed by atoms with Crippen LogP contribution < -0.4 is 9.46 Å². The molecule has 48 heavy (non-hydrogen) atoms. The molecule has 3 heterocycles. The first-order chi connectivity index (χ1) is 22.4. The minimum Gasteiger partial charge on any atom is -0.475 e. The fourth-order valence-corrected chi connectivity index (χ4v) is 7.27. The van der Waals surface area contributed by atoms with E-state index in [0.717, 1.165) is 16.7 Å². The average molecular weight is 678 g/mol. The van der Waals surface area contributed by atoms with Gasteiger partial charge in [-0.2, -0.15) is 4.98 Å². The lowest BCUT2D eigenvalue weighted by Crippen LogP contribution is -2.55. The van der Waals surface area contributed by atoms with Gasteiger partial charge in [0, 0.05) is 42.2 Å². The van der Waals surface area contributed by atoms with Gasteiger partial charge in [-0.1, -0.05) is 65.8 Å². The van der Waals surface area contributed by atoms with E-state index in [-0.39, 0.29) is 52.7 Å². The van der Waals surface area contributed by atoms with E-state index in [0.29, 0.717) is 31.8 Å². The number of sulfonamides is 1. The Bertz CT molecular complexity index is 1780. The van der Waals surface area contributed by atoms with Crippen molar-refractivity contribution in [2.75, 3.05) is 37.6 Å². The molecule has 12 heteroatoms. The summed E-state index contributed by atoms with van der Waals surface area (Å²) in [5.41, 5.74) is 2.73. The Morgan fingerprint density at radius 2 is 1.69 bits per heavy atom. The summed E-state index contributed by atoms with van der Waals surface area (Å²) in [4.78, 5) is 40.1. The summed E-state index contributed by atoms with van der Waals surface area (Å²) in [5.74, 6) is -0.301. The minimum atomic E-state index is -4.19. The number of hydrogen-bond donors (Lipinski definition) is 1. The SMILES string of the molecule is Cc1cccc(C)c1-c1cc2nc(n1)NS(=O)(=O)c1cccc(c1)C(=O)N(CC1CN(C(=O)C(C)(C)C)CCO1)[C@H](CC(C)(C)C)CO2. The number of amides is 2. The first kappa shape index (κ1) is 35.3. The van der Waals surface area contributed by atoms with Crippen molar-refractivity contribution in [3.63, 3.8) is 0 Å². The van der Waals surface area contributed by atoms with Gasteiger partial charge in [-0.3, -0.25) is 9.59 Å². The Balaban J connectivity index is 1.61. The molecule has 0 saturated carbocycles. The lowest BCUT2D eigenvalue weighted by atomic mass is 9.87. The number of ether oxygens (including phenoxy) is 2. The minimum absolute atomic E-state index is 0.0197. The molecule has 1 saturated heterocycles. The van der Waals surface area contributed by atoms with Gasteiger partial charge in [0.15, 0.2) is 0 Å². The fourth-order valence-electron chi connectivity index (χ4n) is 6.29. The Hall–Kier alpha value is -4.03. The number of nitrogens with one attached hydrogen (secondary N) is 1. The van der Waals surface area contributed by atoms with E-state index in [4.69, 9.17) is 9.47 Å². The van der Waals surface area contributed by atoms with Gasteiger partial charge in [-0.05, 0) is 55.0 Å². The van der Waals surface area contributed by atoms with Gasteiger partial charge in [0.25, 0.3) is 15.9 Å². The number of morpholine rings is 1. The van der Waals surface area contributed by atoms with Gasteiger partial charge in [0.2, 0.25) is 17.7 Å². The van der Waals surface area contributed by atoms with Crippen LogP contribution in [0.4, 0.5) is 5.95 Å². The molecule has 1 unspecified atom stereocenters. The lowest BCUT2D eigenvalue weighted by molar-refractivity contribution is -0.147. The van der Waals surface area contributed by atoms with E-state index >= 15 is 0 Å². The molecule has 2 aliphatic rings. The Morgan fingerprint density at radius 3 is 2.35 bits per heavy atom. The molecule has 0 aliphatic carbocycles. The molecule has 4 bridgehead atoms. The van der Waals surface area contributed by atoms with Gasteiger partial charge in [0.05, 0.1) is 29.3 Å². The number of benzene rings is 2. The van der Waals surface area contributed by atoms with Gasteiger partial charge in [0.1, 0.15) is 6.61 Å². The van der Waals surface area contributed by atoms with E-state index in [9.17, 15) is 18.0 Å². The number of carbonyl (C=O) groups is 2. The molecule has 11 nitrogen and oxygen atoms in total. The van der Waals surface area contributed by atoms with Crippen LogP contribution in [0.5, 0.6) is 5.88 Å². The van der Waals surface area contributed by atoms with Crippen molar-refractivity contribution in [2.45, 2.75) is 78.9 Å². The second-order valence-electron chi connectivity index (χ2n) is 15.0. The number of rotatable bonds is 4. The summed E-state index contributed by atoms with van der Waals surface area (Å²) < 4.78 is 42.4. The van der Waals surface area contributed by atoms with Crippen LogP contribution >= 0.6 is 0 Å². The molecule has 1 fully saturated rings. The van der Waals surface area contributed by atoms with Crippen molar-refractivity contribution in [3.8, 4) is 17.1 Å². The number of aromatic nitrogens is 2. The molecule has 3 aromatic rings. The number of carbonyl (C=O) groups excluding carboxylic acids is 2. The van der Waals surface area contributed by atoms with Crippen molar-refractivity contribution in [1.82, 2.24) is 19.8 Å². The van der Waals surface area contributed by atoms with Crippen LogP contribution in [-0.4, -0.2) is 85.0 Å². The summed E-state index contributed by atoms with van der Waals surface area (Å²) in [6, 6.07) is 13.1. The molecule has 258 valence electrons. The van der Waals surface area contributed by atoms with Crippen LogP contribution in [-0.2, 0) is 19.6 Å². The van der Waals surface area contributed by atoms with Crippen LogP contribution in [0, 0.1) is 24.7 Å². The third-order valence-electron chi connectivity index (χ3n) is 8.50. The zero-order valence-corrected chi connectivity index (χ0v) is 30.0. The van der Waals surface area contributed by atoms with Gasteiger partial charge >= 0.3 is 0 Å². The van der Waals surface area contributed by atoms with E-state index in [1.165, 1.54) is 12.1 Å². The first-order valence-electron chi connectivity index (χ1n) is 16.3. The number of fused-ring (bicyclic) bond motifs is 4. The van der Waals surface area contributed by atoms with Crippen LogP contribution in [0.15, 0.2) is 53.4 Å². The van der Waals surface area contributed by atoms with E-state index in [1.807, 2.05) is 52.8 Å². The predicted octanol–water partition coefficient (Wildman–Crippen LogP) is 5.47. The topological polar surface area (TPSA) is 131 Å². The maximum absolute atomic E-state index is 14.5. The molecule has 2 aliphatic heterocycles. The lowest BCUT2D eigenvalue weighted by Gasteiger charge is -2.41. The molecule has 0 radical (unpaired) electrons. The monoisotopic (exact) mass is 677 g/mol. The summed E-state index contributed by atoms with van der Waals surface area (Å²) in [6.07, 6.45) is 0.107. The highest BCUT2D eigenvalue weighted by Crippen LogP contribution is 2.32. The number of hydrogen-bond acceptors (Lipinski definition) is 8. The highest BCUT2D eigenvalue weighted by molar-refractivity contribution is 7.92. The van der Waals surface area contributed by atoms with Crippen molar-refractivity contribution < 1.29 is 27.5 Å². The largest absolute Gasteiger partial charge is 0.475 e. The summed E-state index contributed by atoms with van der Waals surface area (Å²) in [7, 11) is -4.19. The second-order valence-corrected chi connectivity index (χ2v) is 16.7. The average Bonchev–Trinajstić information content (AvgIpc) is 3.00. The first-order valence-corrected chi connectivity index (χ1v) is 17.8. The van der Waals surface area contributed by atoms with Crippen molar-refractivity contribution >= 4 is 27.8 Å². The van der Waals surface area contributed by atoms with E-state index in [1.54, 1.807) is 28.0 Å². The molecule has 2 aromatic carbocycles. The van der Waals surface area contributed by atoms with E-state index < -0.39 is 27.6 Å². The number of nitrogens with zero attached hydrogens (tertiary/aromatic N) is 4. The van der Waals surface area contributed by atoms with Crippen LogP contribution in [0.25, 0.3) is 11.3 Å². The Morgan fingerprint density at radius 1 is 1.00 bits per heavy atom. The smallest absolute Gasteiger partial charge is 0.264 e. The molecular formula is C36H47N5O6S. The van der Waals surface area contributed by atoms with Gasteiger partial charge < -0.3 is 19.3 Å². The molecule has 2 amide bonds. The van der Waals surface area contributed by atoms with Gasteiger partial charge in [-0.25, -0.2) is 18.1 Å². The molecule has 0 spiro atoms. The molecule has 5 rings (SSSR count). The molecular weight excluding hydrogens is 630 g/mol. The number of aryl methyl sites for hydroxylation is 2. The third kappa shape index (κ3) is 8.15. The van der Waals surface area contributed by atoms with Crippen molar-refractivity contribution in [3.05, 3.63) is 65.2 Å². The molecule has 1 aromatic heterocycles. The van der Waals surface area contributed by atoms with Gasteiger partial charge in [-0.15, -0.1) is 0 Å². The fraction of sp³-hybridized carbons (Fsp3) is 0.500. The highest BCUT2D eigenvalue weighted by atomic mass is 32.2. The van der Waals surface area contributed by atoms with Crippen LogP contribution in [0.1, 0.15) is 69.4 Å². The van der Waals surface area contributed by atoms with Crippen LogP contribution in [0.2, 0.25) is 0 Å². The number of anilines is 1.